The van der Waals surface area contributed by atoms with E-state index in [2.05, 4.69) is 155 Å². The largest absolute Gasteiger partial charge is 0.415 e. The van der Waals surface area contributed by atoms with Crippen LogP contribution >= 0.6 is 0 Å². The predicted molar refractivity (Wildman–Crippen MR) is 251 cm³/mol. The average molecular weight is 827 g/mol. The van der Waals surface area contributed by atoms with Crippen molar-refractivity contribution in [1.29, 1.82) is 5.26 Å². The molecule has 0 amide bonds. The molecule has 0 saturated carbocycles. The van der Waals surface area contributed by atoms with Crippen LogP contribution in [-0.4, -0.2) is 9.13 Å². The molecule has 0 fully saturated rings. The van der Waals surface area contributed by atoms with Crippen LogP contribution in [0.3, 0.4) is 0 Å². The van der Waals surface area contributed by atoms with E-state index in [0.29, 0.717) is 11.4 Å². The maximum Gasteiger partial charge on any atom is 0.415 e. The smallest absolute Gasteiger partial charge is 0.309 e. The normalized spacial score (nSPS) is 13.0. The number of aromatic nitrogens is 2. The van der Waals surface area contributed by atoms with Crippen LogP contribution in [0.15, 0.2) is 103 Å². The Morgan fingerprint density at radius 3 is 1.19 bits per heavy atom. The van der Waals surface area contributed by atoms with Crippen molar-refractivity contribution in [3.63, 3.8) is 0 Å². The Bertz CT molecular complexity index is 3080. The van der Waals surface area contributed by atoms with Gasteiger partial charge < -0.3 is 9.13 Å². The second kappa shape index (κ2) is 14.1. The molecule has 2 heterocycles. The summed E-state index contributed by atoms with van der Waals surface area (Å²) in [7, 11) is 0. The van der Waals surface area contributed by atoms with Crippen LogP contribution in [0.25, 0.3) is 71.0 Å². The molecule has 0 spiro atoms. The van der Waals surface area contributed by atoms with Crippen molar-refractivity contribution in [2.45, 2.75) is 111 Å². The van der Waals surface area contributed by atoms with E-state index in [-0.39, 0.29) is 44.0 Å². The second-order valence-corrected chi connectivity index (χ2v) is 20.9. The molecule has 2 aromatic heterocycles. The van der Waals surface area contributed by atoms with Gasteiger partial charge in [0.1, 0.15) is 6.07 Å². The number of fused-ring (bicyclic) bond motifs is 6. The fourth-order valence-corrected chi connectivity index (χ4v) is 8.82. The van der Waals surface area contributed by atoms with Gasteiger partial charge in [-0.2, -0.15) is 18.4 Å². The van der Waals surface area contributed by atoms with Crippen LogP contribution in [0.1, 0.15) is 116 Å². The lowest BCUT2D eigenvalue weighted by atomic mass is 9.85. The second-order valence-electron chi connectivity index (χ2n) is 20.9. The molecule has 7 heteroatoms. The van der Waals surface area contributed by atoms with Gasteiger partial charge in [0, 0.05) is 27.1 Å². The molecule has 0 atom stereocenters. The number of halogens is 3. The van der Waals surface area contributed by atoms with E-state index in [1.165, 1.54) is 12.1 Å². The number of benzene rings is 6. The predicted octanol–water partition coefficient (Wildman–Crippen LogP) is 16.2. The van der Waals surface area contributed by atoms with Gasteiger partial charge in [0.2, 0.25) is 0 Å². The highest BCUT2D eigenvalue weighted by atomic mass is 19.4. The number of nitriles is 1. The van der Waals surface area contributed by atoms with E-state index in [1.54, 1.807) is 12.1 Å². The third kappa shape index (κ3) is 7.02. The van der Waals surface area contributed by atoms with Crippen molar-refractivity contribution in [2.75, 3.05) is 0 Å². The summed E-state index contributed by atoms with van der Waals surface area (Å²) in [6, 6.07) is 35.0. The van der Waals surface area contributed by atoms with Crippen molar-refractivity contribution in [1.82, 2.24) is 9.13 Å². The zero-order valence-corrected chi connectivity index (χ0v) is 37.7. The van der Waals surface area contributed by atoms with Gasteiger partial charge in [0.25, 0.3) is 0 Å². The molecule has 0 bridgehead atoms. The summed E-state index contributed by atoms with van der Waals surface area (Å²) in [5.74, 6) is 0. The Labute approximate surface area is 363 Å². The van der Waals surface area contributed by atoms with Crippen molar-refractivity contribution < 1.29 is 13.2 Å². The van der Waals surface area contributed by atoms with Crippen molar-refractivity contribution in [3.05, 3.63) is 148 Å². The van der Waals surface area contributed by atoms with Crippen molar-refractivity contribution in [2.24, 2.45) is 0 Å². The van der Waals surface area contributed by atoms with E-state index in [0.717, 1.165) is 71.9 Å². The fraction of sp³-hybridized carbons (Fsp3) is 0.309. The van der Waals surface area contributed by atoms with Crippen LogP contribution in [0.4, 0.5) is 18.9 Å². The van der Waals surface area contributed by atoms with Gasteiger partial charge >= 0.3 is 6.18 Å². The molecule has 8 rings (SSSR count). The lowest BCUT2D eigenvalue weighted by Crippen LogP contribution is -2.11. The van der Waals surface area contributed by atoms with Crippen LogP contribution in [0.5, 0.6) is 0 Å². The first kappa shape index (κ1) is 42.4. The minimum Gasteiger partial charge on any atom is -0.309 e. The summed E-state index contributed by atoms with van der Waals surface area (Å²) < 4.78 is 50.1. The maximum atomic E-state index is 15.4. The van der Waals surface area contributed by atoms with E-state index in [9.17, 15) is 5.26 Å². The van der Waals surface area contributed by atoms with Gasteiger partial charge in [-0.25, -0.2) is 4.85 Å². The van der Waals surface area contributed by atoms with E-state index in [1.807, 2.05) is 21.3 Å². The van der Waals surface area contributed by atoms with E-state index >= 15 is 13.2 Å². The number of hydrogen-bond donors (Lipinski definition) is 0. The van der Waals surface area contributed by atoms with Gasteiger partial charge in [-0.05, 0) is 110 Å². The number of alkyl halides is 3. The molecule has 0 N–H and O–H groups in total. The Hall–Kier alpha value is -6.31. The molecule has 62 heavy (non-hydrogen) atoms. The van der Waals surface area contributed by atoms with Gasteiger partial charge in [-0.1, -0.05) is 126 Å². The number of rotatable bonds is 3. The maximum absolute atomic E-state index is 15.4. The van der Waals surface area contributed by atoms with Gasteiger partial charge in [-0.3, -0.25) is 0 Å². The molecule has 4 nitrogen and oxygen atoms in total. The van der Waals surface area contributed by atoms with E-state index < -0.39 is 11.7 Å². The highest BCUT2D eigenvalue weighted by Crippen LogP contribution is 2.48. The summed E-state index contributed by atoms with van der Waals surface area (Å²) in [5.41, 5.74) is 7.08. The first-order valence-corrected chi connectivity index (χ1v) is 21.2. The standard InChI is InChI=1S/C55H53F3N4/c1-51(2,3)33-17-21-44-37(26-33)38-27-34(52(4,5)6)18-22-45(38)61(44)48-30-41(50-42(55(56,57)58)15-14-16-43(50)60-13)49(25-32(48)31-59)62-46-23-19-35(53(7,8)9)28-39(46)40-29-36(54(10,11)12)20-24-47(40)62/h14-30H,1-12H3. The summed E-state index contributed by atoms with van der Waals surface area (Å²) in [6.45, 7) is 34.2. The molecule has 0 radical (unpaired) electrons. The van der Waals surface area contributed by atoms with Gasteiger partial charge in [0.05, 0.1) is 51.1 Å². The molecular weight excluding hydrogens is 774 g/mol. The Morgan fingerprint density at radius 1 is 0.500 bits per heavy atom. The van der Waals surface area contributed by atoms with Crippen LogP contribution < -0.4 is 0 Å². The fourth-order valence-electron chi connectivity index (χ4n) is 8.82. The van der Waals surface area contributed by atoms with Crippen LogP contribution in [0.2, 0.25) is 0 Å². The quantitative estimate of drug-likeness (QED) is 0.164. The first-order chi connectivity index (χ1) is 28.8. The van der Waals surface area contributed by atoms with Gasteiger partial charge in [-0.15, -0.1) is 0 Å². The summed E-state index contributed by atoms with van der Waals surface area (Å²) in [4.78, 5) is 3.71. The van der Waals surface area contributed by atoms with Crippen LogP contribution in [-0.2, 0) is 27.8 Å². The zero-order valence-electron chi connectivity index (χ0n) is 37.7. The third-order valence-corrected chi connectivity index (χ3v) is 12.4. The molecular formula is C55H53F3N4. The summed E-state index contributed by atoms with van der Waals surface area (Å²) in [5, 5.41) is 15.1. The Balaban J connectivity index is 1.58. The average Bonchev–Trinajstić information content (AvgIpc) is 3.69. The minimum absolute atomic E-state index is 0.130. The molecule has 0 aliphatic heterocycles. The van der Waals surface area contributed by atoms with E-state index in [4.69, 9.17) is 6.57 Å². The summed E-state index contributed by atoms with van der Waals surface area (Å²) in [6.07, 6.45) is -4.79. The molecule has 0 aliphatic rings. The highest BCUT2D eigenvalue weighted by molar-refractivity contribution is 6.12. The van der Waals surface area contributed by atoms with Crippen molar-refractivity contribution in [3.8, 4) is 28.6 Å². The lowest BCUT2D eigenvalue weighted by molar-refractivity contribution is -0.137. The monoisotopic (exact) mass is 826 g/mol. The van der Waals surface area contributed by atoms with Crippen LogP contribution in [0, 0.1) is 17.9 Å². The topological polar surface area (TPSA) is 38.0 Å². The molecule has 314 valence electrons. The zero-order chi connectivity index (χ0) is 45.1. The Kier molecular flexibility index (Phi) is 9.65. The number of hydrogen-bond acceptors (Lipinski definition) is 1. The first-order valence-electron chi connectivity index (χ1n) is 21.2. The third-order valence-electron chi connectivity index (χ3n) is 12.4. The number of nitrogens with zero attached hydrogens (tertiary/aromatic N) is 4. The SMILES string of the molecule is [C-]#[N+]c1cccc(C(F)(F)F)c1-c1cc(-n2c3ccc(C(C)(C)C)cc3c3cc(C(C)(C)C)ccc32)c(C#N)cc1-n1c2ccc(C(C)(C)C)cc2c2cc(C(C)(C)C)ccc21. The molecule has 8 aromatic rings. The minimum atomic E-state index is -4.79. The molecule has 0 aliphatic carbocycles. The molecule has 0 saturated heterocycles. The molecule has 0 unspecified atom stereocenters. The molecule has 6 aromatic carbocycles. The lowest BCUT2D eigenvalue weighted by Gasteiger charge is -2.23. The highest BCUT2D eigenvalue weighted by Gasteiger charge is 2.36. The summed E-state index contributed by atoms with van der Waals surface area (Å²) >= 11 is 0. The van der Waals surface area contributed by atoms with Gasteiger partial charge in [0.15, 0.2) is 5.69 Å². The van der Waals surface area contributed by atoms with Crippen molar-refractivity contribution >= 4 is 49.3 Å². The Morgan fingerprint density at radius 2 is 0.871 bits per heavy atom.